The summed E-state index contributed by atoms with van der Waals surface area (Å²) in [7, 11) is 0. The van der Waals surface area contributed by atoms with Crippen LogP contribution in [0.5, 0.6) is 0 Å². The van der Waals surface area contributed by atoms with E-state index in [1.54, 1.807) is 18.2 Å². The third kappa shape index (κ3) is 3.78. The van der Waals surface area contributed by atoms with E-state index in [0.717, 1.165) is 5.56 Å². The Bertz CT molecular complexity index is 869. The van der Waals surface area contributed by atoms with Crippen LogP contribution < -0.4 is 0 Å². The Morgan fingerprint density at radius 2 is 1.69 bits per heavy atom. The Hall–Kier alpha value is -3.46. The summed E-state index contributed by atoms with van der Waals surface area (Å²) in [5.41, 5.74) is 1.69. The lowest BCUT2D eigenvalue weighted by atomic mass is 10.1. The van der Waals surface area contributed by atoms with Crippen LogP contribution >= 0.6 is 0 Å². The van der Waals surface area contributed by atoms with Crippen LogP contribution in [0, 0.1) is 11.3 Å². The molecule has 0 N–H and O–H groups in total. The molecule has 6 heteroatoms. The van der Waals surface area contributed by atoms with Crippen molar-refractivity contribution < 1.29 is 14.4 Å². The molecule has 1 heterocycles. The molecule has 6 nitrogen and oxygen atoms in total. The normalized spacial score (nSPS) is 14.3. The van der Waals surface area contributed by atoms with Crippen LogP contribution in [0.15, 0.2) is 54.6 Å². The molecule has 1 aliphatic rings. The van der Waals surface area contributed by atoms with Crippen molar-refractivity contribution in [3.63, 3.8) is 0 Å². The predicted octanol–water partition coefficient (Wildman–Crippen LogP) is 1.61. The first kappa shape index (κ1) is 17.4. The molecule has 0 saturated carbocycles. The minimum Gasteiger partial charge on any atom is -0.320 e. The average Bonchev–Trinajstić information content (AvgIpc) is 2.67. The van der Waals surface area contributed by atoms with Crippen molar-refractivity contribution in [2.75, 3.05) is 19.6 Å². The number of hydrogen-bond donors (Lipinski definition) is 0. The van der Waals surface area contributed by atoms with Gasteiger partial charge in [0.15, 0.2) is 0 Å². The zero-order chi connectivity index (χ0) is 18.5. The summed E-state index contributed by atoms with van der Waals surface area (Å²) in [5.74, 6) is -1.20. The van der Waals surface area contributed by atoms with Crippen molar-refractivity contribution in [3.05, 3.63) is 71.3 Å². The topological polar surface area (TPSA) is 81.5 Å². The van der Waals surface area contributed by atoms with Crippen LogP contribution in [-0.4, -0.2) is 47.2 Å². The molecule has 1 saturated heterocycles. The Labute approximate surface area is 151 Å². The summed E-state index contributed by atoms with van der Waals surface area (Å²) in [6.45, 7) is 0.0138. The van der Waals surface area contributed by atoms with E-state index >= 15 is 0 Å². The summed E-state index contributed by atoms with van der Waals surface area (Å²) >= 11 is 0. The Morgan fingerprint density at radius 1 is 1.00 bits per heavy atom. The highest BCUT2D eigenvalue weighted by atomic mass is 16.2. The van der Waals surface area contributed by atoms with Crippen molar-refractivity contribution >= 4 is 17.7 Å². The number of nitrogens with zero attached hydrogens (tertiary/aromatic N) is 3. The molecule has 3 amide bonds. The van der Waals surface area contributed by atoms with Gasteiger partial charge in [0.1, 0.15) is 13.1 Å². The summed E-state index contributed by atoms with van der Waals surface area (Å²) in [5, 5.41) is 8.94. The number of piperazine rings is 1. The number of carbonyl (C=O) groups excluding carboxylic acids is 3. The highest BCUT2D eigenvalue weighted by Crippen LogP contribution is 2.13. The average molecular weight is 347 g/mol. The Balaban J connectivity index is 1.66. The van der Waals surface area contributed by atoms with Gasteiger partial charge in [-0.15, -0.1) is 0 Å². The van der Waals surface area contributed by atoms with E-state index in [0.29, 0.717) is 24.1 Å². The van der Waals surface area contributed by atoms with Gasteiger partial charge in [-0.1, -0.05) is 36.4 Å². The van der Waals surface area contributed by atoms with Crippen molar-refractivity contribution in [2.45, 2.75) is 6.42 Å². The first-order valence-electron chi connectivity index (χ1n) is 8.25. The lowest BCUT2D eigenvalue weighted by molar-refractivity contribution is -0.150. The van der Waals surface area contributed by atoms with Crippen molar-refractivity contribution in [1.82, 2.24) is 9.80 Å². The molecule has 0 aromatic heterocycles. The molecule has 26 heavy (non-hydrogen) atoms. The van der Waals surface area contributed by atoms with E-state index in [-0.39, 0.29) is 24.9 Å². The number of rotatable bonds is 4. The van der Waals surface area contributed by atoms with Crippen LogP contribution in [0.25, 0.3) is 0 Å². The molecule has 1 fully saturated rings. The van der Waals surface area contributed by atoms with E-state index < -0.39 is 5.91 Å². The predicted molar refractivity (Wildman–Crippen MR) is 93.9 cm³/mol. The zero-order valence-corrected chi connectivity index (χ0v) is 14.1. The molecule has 3 rings (SSSR count). The molecule has 0 atom stereocenters. The number of nitriles is 1. The highest BCUT2D eigenvalue weighted by Gasteiger charge is 2.33. The van der Waals surface area contributed by atoms with E-state index in [9.17, 15) is 14.4 Å². The minimum absolute atomic E-state index is 0.143. The van der Waals surface area contributed by atoms with E-state index in [2.05, 4.69) is 0 Å². The number of imide groups is 1. The van der Waals surface area contributed by atoms with Gasteiger partial charge in [-0.2, -0.15) is 5.26 Å². The van der Waals surface area contributed by atoms with Crippen LogP contribution in [0.1, 0.15) is 21.5 Å². The summed E-state index contributed by atoms with van der Waals surface area (Å²) < 4.78 is 0. The van der Waals surface area contributed by atoms with Crippen LogP contribution in [0.3, 0.4) is 0 Å². The molecule has 1 aliphatic heterocycles. The lowest BCUT2D eigenvalue weighted by Gasteiger charge is -2.32. The highest BCUT2D eigenvalue weighted by molar-refractivity contribution is 6.05. The van der Waals surface area contributed by atoms with Crippen LogP contribution in [0.2, 0.25) is 0 Å². The second-order valence-corrected chi connectivity index (χ2v) is 6.03. The maximum Gasteiger partial charge on any atom is 0.254 e. The van der Waals surface area contributed by atoms with E-state index in [1.807, 2.05) is 36.4 Å². The second kappa shape index (κ2) is 7.62. The molecular formula is C20H17N3O3. The first-order chi connectivity index (χ1) is 12.6. The van der Waals surface area contributed by atoms with Crippen molar-refractivity contribution in [2.24, 2.45) is 0 Å². The largest absolute Gasteiger partial charge is 0.320 e. The van der Waals surface area contributed by atoms with Crippen LogP contribution in [-0.2, 0) is 16.0 Å². The zero-order valence-electron chi connectivity index (χ0n) is 14.1. The molecule has 0 radical (unpaired) electrons. The van der Waals surface area contributed by atoms with Gasteiger partial charge in [-0.25, -0.2) is 0 Å². The third-order valence-corrected chi connectivity index (χ3v) is 4.25. The minimum atomic E-state index is -0.425. The number of benzene rings is 2. The smallest absolute Gasteiger partial charge is 0.254 e. The van der Waals surface area contributed by atoms with E-state index in [1.165, 1.54) is 15.9 Å². The van der Waals surface area contributed by atoms with Gasteiger partial charge in [-0.05, 0) is 30.2 Å². The Morgan fingerprint density at radius 3 is 2.35 bits per heavy atom. The summed E-state index contributed by atoms with van der Waals surface area (Å²) in [6.07, 6.45) is 0.580. The maximum atomic E-state index is 12.5. The second-order valence-electron chi connectivity index (χ2n) is 6.03. The SMILES string of the molecule is N#Cc1cccc(C(=O)N2CC(=O)N(CCc3ccccc3)C(=O)C2)c1. The number of amides is 3. The molecular weight excluding hydrogens is 330 g/mol. The van der Waals surface area contributed by atoms with Gasteiger partial charge in [-0.3, -0.25) is 19.3 Å². The maximum absolute atomic E-state index is 12.5. The molecule has 0 unspecified atom stereocenters. The molecule has 2 aromatic carbocycles. The number of hydrogen-bond acceptors (Lipinski definition) is 4. The van der Waals surface area contributed by atoms with Gasteiger partial charge in [0, 0.05) is 12.1 Å². The first-order valence-corrected chi connectivity index (χ1v) is 8.25. The number of carbonyl (C=O) groups is 3. The molecule has 0 bridgehead atoms. The van der Waals surface area contributed by atoms with Crippen molar-refractivity contribution in [3.8, 4) is 6.07 Å². The lowest BCUT2D eigenvalue weighted by Crippen LogP contribution is -2.55. The van der Waals surface area contributed by atoms with Gasteiger partial charge < -0.3 is 4.90 Å². The fourth-order valence-electron chi connectivity index (χ4n) is 2.88. The Kier molecular flexibility index (Phi) is 5.09. The fourth-order valence-corrected chi connectivity index (χ4v) is 2.88. The van der Waals surface area contributed by atoms with Crippen LogP contribution in [0.4, 0.5) is 0 Å². The molecule has 0 aliphatic carbocycles. The fraction of sp³-hybridized carbons (Fsp3) is 0.200. The molecule has 2 aromatic rings. The van der Waals surface area contributed by atoms with Crippen molar-refractivity contribution in [1.29, 1.82) is 5.26 Å². The summed E-state index contributed by atoms with van der Waals surface area (Å²) in [6, 6.07) is 17.8. The standard InChI is InChI=1S/C20H17N3O3/c21-12-16-7-4-8-17(11-16)20(26)22-13-18(24)23(19(25)14-22)10-9-15-5-2-1-3-6-15/h1-8,11H,9-10,13-14H2. The van der Waals surface area contributed by atoms with Gasteiger partial charge in [0.25, 0.3) is 5.91 Å². The summed E-state index contributed by atoms with van der Waals surface area (Å²) in [4.78, 5) is 39.7. The molecule has 0 spiro atoms. The molecule has 130 valence electrons. The quantitative estimate of drug-likeness (QED) is 0.787. The third-order valence-electron chi connectivity index (χ3n) is 4.25. The van der Waals surface area contributed by atoms with Gasteiger partial charge in [0.2, 0.25) is 11.8 Å². The van der Waals surface area contributed by atoms with E-state index in [4.69, 9.17) is 5.26 Å². The van der Waals surface area contributed by atoms with Gasteiger partial charge >= 0.3 is 0 Å². The van der Waals surface area contributed by atoms with Gasteiger partial charge in [0.05, 0.1) is 11.6 Å². The monoisotopic (exact) mass is 347 g/mol.